The summed E-state index contributed by atoms with van der Waals surface area (Å²) in [5.41, 5.74) is 0.920. The van der Waals surface area contributed by atoms with Gasteiger partial charge >= 0.3 is 0 Å². The number of halogens is 1. The van der Waals surface area contributed by atoms with Crippen LogP contribution in [0.25, 0.3) is 0 Å². The van der Waals surface area contributed by atoms with Gasteiger partial charge in [-0.3, -0.25) is 4.79 Å². The second-order valence-corrected chi connectivity index (χ2v) is 9.99. The summed E-state index contributed by atoms with van der Waals surface area (Å²) in [6, 6.07) is 5.05. The molecule has 3 rings (SSSR count). The van der Waals surface area contributed by atoms with Crippen molar-refractivity contribution >= 4 is 43.8 Å². The Morgan fingerprint density at radius 1 is 1.38 bits per heavy atom. The molecule has 26 heavy (non-hydrogen) atoms. The van der Waals surface area contributed by atoms with Crippen LogP contribution in [0.4, 0.5) is 5.13 Å². The molecule has 0 radical (unpaired) electrons. The van der Waals surface area contributed by atoms with Crippen molar-refractivity contribution in [3.05, 3.63) is 40.4 Å². The molecule has 5 nitrogen and oxygen atoms in total. The van der Waals surface area contributed by atoms with Crippen molar-refractivity contribution in [1.82, 2.24) is 4.98 Å². The molecule has 1 saturated carbocycles. The maximum Gasteiger partial charge on any atom is 0.226 e. The maximum atomic E-state index is 12.5. The molecule has 0 bridgehead atoms. The number of nitrogens with zero attached hydrogens (tertiary/aromatic N) is 1. The number of hydrogen-bond donors (Lipinski definition) is 1. The number of aromatic nitrogens is 1. The van der Waals surface area contributed by atoms with Crippen molar-refractivity contribution < 1.29 is 13.2 Å². The average Bonchev–Trinajstić information content (AvgIpc) is 3.24. The Bertz CT molecular complexity index is 876. The number of benzene rings is 1. The van der Waals surface area contributed by atoms with Crippen molar-refractivity contribution in [2.75, 3.05) is 11.6 Å². The van der Waals surface area contributed by atoms with E-state index in [9.17, 15) is 13.2 Å². The Morgan fingerprint density at radius 3 is 2.69 bits per heavy atom. The molecule has 0 saturated heterocycles. The van der Waals surface area contributed by atoms with Gasteiger partial charge in [0.25, 0.3) is 0 Å². The van der Waals surface area contributed by atoms with Crippen LogP contribution in [0.3, 0.4) is 0 Å². The van der Waals surface area contributed by atoms with Gasteiger partial charge < -0.3 is 5.32 Å². The van der Waals surface area contributed by atoms with E-state index in [1.807, 2.05) is 5.38 Å². The third kappa shape index (κ3) is 4.64. The highest BCUT2D eigenvalue weighted by molar-refractivity contribution is 7.90. The number of thiazole rings is 1. The van der Waals surface area contributed by atoms with E-state index in [0.717, 1.165) is 37.5 Å². The maximum absolute atomic E-state index is 12.5. The monoisotopic (exact) mass is 412 g/mol. The molecule has 0 spiro atoms. The molecule has 1 aromatic carbocycles. The van der Waals surface area contributed by atoms with Gasteiger partial charge in [0, 0.05) is 24.3 Å². The number of rotatable bonds is 6. The first kappa shape index (κ1) is 19.3. The lowest BCUT2D eigenvalue weighted by molar-refractivity contribution is -0.116. The normalized spacial score (nSPS) is 16.5. The Labute approximate surface area is 162 Å². The van der Waals surface area contributed by atoms with Crippen molar-refractivity contribution in [2.45, 2.75) is 42.9 Å². The van der Waals surface area contributed by atoms with E-state index < -0.39 is 9.84 Å². The third-order valence-electron chi connectivity index (χ3n) is 4.84. The average molecular weight is 413 g/mol. The fourth-order valence-corrected chi connectivity index (χ4v) is 5.50. The van der Waals surface area contributed by atoms with Crippen molar-refractivity contribution in [3.8, 4) is 0 Å². The minimum atomic E-state index is -3.37. The first-order valence-corrected chi connectivity index (χ1v) is 11.7. The molecule has 140 valence electrons. The summed E-state index contributed by atoms with van der Waals surface area (Å²) in [6.45, 7) is 0. The molecule has 0 aliphatic heterocycles. The second kappa shape index (κ2) is 8.06. The van der Waals surface area contributed by atoms with Gasteiger partial charge in [-0.2, -0.15) is 0 Å². The van der Waals surface area contributed by atoms with E-state index in [-0.39, 0.29) is 21.7 Å². The molecular weight excluding hydrogens is 392 g/mol. The van der Waals surface area contributed by atoms with Crippen LogP contribution in [0.1, 0.15) is 43.6 Å². The summed E-state index contributed by atoms with van der Waals surface area (Å²) in [7, 11) is -3.37. The minimum absolute atomic E-state index is 0.0172. The van der Waals surface area contributed by atoms with Crippen LogP contribution in [0, 0.1) is 5.92 Å². The Balaban J connectivity index is 1.84. The Hall–Kier alpha value is -1.44. The quantitative estimate of drug-likeness (QED) is 0.757. The first-order chi connectivity index (χ1) is 12.3. The molecule has 1 fully saturated rings. The van der Waals surface area contributed by atoms with Crippen LogP contribution in [0.5, 0.6) is 0 Å². The van der Waals surface area contributed by atoms with Gasteiger partial charge in [-0.15, -0.1) is 11.3 Å². The number of nitrogens with one attached hydrogen (secondary N) is 1. The highest BCUT2D eigenvalue weighted by Gasteiger charge is 2.29. The Kier molecular flexibility index (Phi) is 5.99. The summed E-state index contributed by atoms with van der Waals surface area (Å²) >= 11 is 7.61. The number of sulfone groups is 1. The molecule has 1 aliphatic rings. The smallest absolute Gasteiger partial charge is 0.226 e. The van der Waals surface area contributed by atoms with E-state index >= 15 is 0 Å². The van der Waals surface area contributed by atoms with Crippen molar-refractivity contribution in [3.63, 3.8) is 0 Å². The molecule has 1 N–H and O–H groups in total. The summed E-state index contributed by atoms with van der Waals surface area (Å²) in [5.74, 6) is 0.334. The standard InChI is InChI=1S/C18H21ClN2O3S2/c1-26(23,24)16-7-6-13(10-15(16)19)14(12-4-2-3-5-12)11-17(22)21-18-20-8-9-25-18/h6-10,12,14H,2-5,11H2,1H3,(H,20,21,22). The van der Waals surface area contributed by atoms with Gasteiger partial charge in [0.15, 0.2) is 15.0 Å². The summed E-state index contributed by atoms with van der Waals surface area (Å²) < 4.78 is 23.6. The van der Waals surface area contributed by atoms with Crippen LogP contribution >= 0.6 is 22.9 Å². The van der Waals surface area contributed by atoms with Gasteiger partial charge in [-0.05, 0) is 42.4 Å². The van der Waals surface area contributed by atoms with Gasteiger partial charge in [-0.1, -0.05) is 30.5 Å². The van der Waals surface area contributed by atoms with E-state index in [1.165, 1.54) is 11.3 Å². The zero-order valence-corrected chi connectivity index (χ0v) is 16.8. The topological polar surface area (TPSA) is 76.1 Å². The molecule has 1 unspecified atom stereocenters. The SMILES string of the molecule is CS(=O)(=O)c1ccc(C(CC(=O)Nc2nccs2)C2CCCC2)cc1Cl. The molecule has 1 aromatic heterocycles. The van der Waals surface area contributed by atoms with Gasteiger partial charge in [0.1, 0.15) is 0 Å². The summed E-state index contributed by atoms with van der Waals surface area (Å²) in [6.07, 6.45) is 7.58. The molecule has 8 heteroatoms. The highest BCUT2D eigenvalue weighted by Crippen LogP contribution is 2.41. The van der Waals surface area contributed by atoms with E-state index in [1.54, 1.807) is 24.4 Å². The predicted molar refractivity (Wildman–Crippen MR) is 105 cm³/mol. The summed E-state index contributed by atoms with van der Waals surface area (Å²) in [5, 5.41) is 5.45. The fourth-order valence-electron chi connectivity index (χ4n) is 3.62. The fraction of sp³-hybridized carbons (Fsp3) is 0.444. The van der Waals surface area contributed by atoms with E-state index in [0.29, 0.717) is 17.5 Å². The van der Waals surface area contributed by atoms with E-state index in [2.05, 4.69) is 10.3 Å². The lowest BCUT2D eigenvalue weighted by atomic mass is 9.82. The van der Waals surface area contributed by atoms with Gasteiger partial charge in [0.2, 0.25) is 5.91 Å². The molecule has 1 aliphatic carbocycles. The van der Waals surface area contributed by atoms with Gasteiger partial charge in [0.05, 0.1) is 9.92 Å². The number of carbonyl (C=O) groups excluding carboxylic acids is 1. The molecule has 1 heterocycles. The van der Waals surface area contributed by atoms with Crippen LogP contribution in [0.15, 0.2) is 34.7 Å². The minimum Gasteiger partial charge on any atom is -0.302 e. The van der Waals surface area contributed by atoms with Crippen LogP contribution in [-0.4, -0.2) is 25.6 Å². The predicted octanol–water partition coefficient (Wildman–Crippen LogP) is 4.50. The lowest BCUT2D eigenvalue weighted by Crippen LogP contribution is -2.20. The lowest BCUT2D eigenvalue weighted by Gasteiger charge is -2.24. The van der Waals surface area contributed by atoms with Crippen LogP contribution < -0.4 is 5.32 Å². The zero-order chi connectivity index (χ0) is 18.7. The third-order valence-corrected chi connectivity index (χ3v) is 7.10. The van der Waals surface area contributed by atoms with Crippen LogP contribution in [-0.2, 0) is 14.6 Å². The molecule has 2 aromatic rings. The van der Waals surface area contributed by atoms with Crippen molar-refractivity contribution in [1.29, 1.82) is 0 Å². The number of hydrogen-bond acceptors (Lipinski definition) is 5. The number of anilines is 1. The Morgan fingerprint density at radius 2 is 2.12 bits per heavy atom. The van der Waals surface area contributed by atoms with E-state index in [4.69, 9.17) is 11.6 Å². The van der Waals surface area contributed by atoms with Crippen molar-refractivity contribution in [2.24, 2.45) is 5.92 Å². The molecule has 1 amide bonds. The molecule has 1 atom stereocenters. The first-order valence-electron chi connectivity index (χ1n) is 8.53. The number of amides is 1. The largest absolute Gasteiger partial charge is 0.302 e. The zero-order valence-electron chi connectivity index (χ0n) is 14.4. The van der Waals surface area contributed by atoms with Gasteiger partial charge in [-0.25, -0.2) is 13.4 Å². The van der Waals surface area contributed by atoms with Crippen LogP contribution in [0.2, 0.25) is 5.02 Å². The second-order valence-electron chi connectivity index (χ2n) is 6.70. The number of carbonyl (C=O) groups is 1. The summed E-state index contributed by atoms with van der Waals surface area (Å²) in [4.78, 5) is 16.7. The molecular formula is C18H21ClN2O3S2. The highest BCUT2D eigenvalue weighted by atomic mass is 35.5.